The average molecular weight is 393 g/mol. The molecule has 166 valence electrons. The summed E-state index contributed by atoms with van der Waals surface area (Å²) in [5.74, 6) is 0. The van der Waals surface area contributed by atoms with Gasteiger partial charge >= 0.3 is 0 Å². The van der Waals surface area contributed by atoms with Crippen LogP contribution in [0.1, 0.15) is 113 Å². The van der Waals surface area contributed by atoms with E-state index < -0.39 is 0 Å². The van der Waals surface area contributed by atoms with Gasteiger partial charge in [-0.15, -0.1) is 0 Å². The molecule has 0 N–H and O–H groups in total. The Kier molecular flexibility index (Phi) is 12.6. The second kappa shape index (κ2) is 12.0. The maximum atomic E-state index is 4.25. The monoisotopic (exact) mass is 392 g/mol. The molecule has 0 unspecified atom stereocenters. The molecule has 0 aliphatic heterocycles. The normalized spacial score (nSPS) is 12.5. The van der Waals surface area contributed by atoms with Gasteiger partial charge in [-0.25, -0.2) is 0 Å². The average Bonchev–Trinajstić information content (AvgIpc) is 2.54. The molecule has 1 nitrogen and oxygen atoms in total. The molecule has 1 aromatic rings. The van der Waals surface area contributed by atoms with E-state index in [9.17, 15) is 0 Å². The molecule has 0 fully saturated rings. The first kappa shape index (κ1) is 29.4. The van der Waals surface area contributed by atoms with Gasteiger partial charge in [0.1, 0.15) is 0 Å². The van der Waals surface area contributed by atoms with E-state index in [0.29, 0.717) is 10.8 Å². The smallest absolute Gasteiger partial charge is 0.0351 e. The Balaban J connectivity index is 0. The zero-order chi connectivity index (χ0) is 22.8. The fourth-order valence-electron chi connectivity index (χ4n) is 4.21. The van der Waals surface area contributed by atoms with Gasteiger partial charge in [-0.3, -0.25) is 0 Å². The summed E-state index contributed by atoms with van der Waals surface area (Å²) in [6, 6.07) is 9.37. The van der Waals surface area contributed by atoms with E-state index in [4.69, 9.17) is 0 Å². The minimum Gasteiger partial charge on any atom is -0.388 e. The van der Waals surface area contributed by atoms with E-state index in [2.05, 4.69) is 98.2 Å². The third kappa shape index (κ3) is 11.2. The van der Waals surface area contributed by atoms with Crippen LogP contribution in [-0.2, 0) is 15.6 Å². The standard InChI is InChI=1S/C23H40.C2H6O.C2H6/c1-11-21(5,6)17-23(9,10)19-14-12-13-18(15-19)22(7,8)16-20(2,3)4;1-3-2;1-2/h12-15H,11,16-17H2,1-10H3;1-2H3;1-2H3. The Morgan fingerprint density at radius 1 is 0.714 bits per heavy atom. The van der Waals surface area contributed by atoms with Gasteiger partial charge in [-0.05, 0) is 45.6 Å². The quantitative estimate of drug-likeness (QED) is 0.470. The molecule has 0 spiro atoms. The second-order valence-corrected chi connectivity index (χ2v) is 11.2. The first-order valence-electron chi connectivity index (χ1n) is 11.1. The Bertz CT molecular complexity index is 529. The third-order valence-corrected chi connectivity index (χ3v) is 5.28. The lowest BCUT2D eigenvalue weighted by Crippen LogP contribution is -2.28. The van der Waals surface area contributed by atoms with E-state index in [1.54, 1.807) is 14.2 Å². The number of hydrogen-bond acceptors (Lipinski definition) is 1. The van der Waals surface area contributed by atoms with Crippen molar-refractivity contribution in [3.05, 3.63) is 35.4 Å². The van der Waals surface area contributed by atoms with Gasteiger partial charge in [0.25, 0.3) is 0 Å². The van der Waals surface area contributed by atoms with Gasteiger partial charge in [-0.2, -0.15) is 0 Å². The molecule has 0 heterocycles. The molecule has 0 saturated carbocycles. The van der Waals surface area contributed by atoms with E-state index in [0.717, 1.165) is 0 Å². The minimum atomic E-state index is 0.213. The van der Waals surface area contributed by atoms with E-state index >= 15 is 0 Å². The van der Waals surface area contributed by atoms with Crippen molar-refractivity contribution < 1.29 is 4.74 Å². The highest BCUT2D eigenvalue weighted by atomic mass is 16.4. The maximum Gasteiger partial charge on any atom is 0.0351 e. The van der Waals surface area contributed by atoms with Crippen LogP contribution in [0.15, 0.2) is 24.3 Å². The van der Waals surface area contributed by atoms with E-state index in [1.165, 1.54) is 30.4 Å². The highest BCUT2D eigenvalue weighted by Gasteiger charge is 2.31. The van der Waals surface area contributed by atoms with Crippen LogP contribution in [0.25, 0.3) is 0 Å². The third-order valence-electron chi connectivity index (χ3n) is 5.28. The van der Waals surface area contributed by atoms with Crippen LogP contribution in [0, 0.1) is 10.8 Å². The van der Waals surface area contributed by atoms with Crippen LogP contribution < -0.4 is 0 Å². The zero-order valence-electron chi connectivity index (χ0n) is 21.8. The number of ether oxygens (including phenoxy) is 1. The van der Waals surface area contributed by atoms with E-state index in [-0.39, 0.29) is 10.8 Å². The van der Waals surface area contributed by atoms with Crippen LogP contribution in [0.4, 0.5) is 0 Å². The lowest BCUT2D eigenvalue weighted by Gasteiger charge is -2.37. The molecule has 0 aliphatic carbocycles. The molecule has 0 aromatic heterocycles. The lowest BCUT2D eigenvalue weighted by atomic mass is 9.68. The Hall–Kier alpha value is -0.820. The summed E-state index contributed by atoms with van der Waals surface area (Å²) in [6.07, 6.45) is 3.65. The highest BCUT2D eigenvalue weighted by Crippen LogP contribution is 2.41. The fourth-order valence-corrected chi connectivity index (χ4v) is 4.21. The van der Waals surface area contributed by atoms with Gasteiger partial charge < -0.3 is 4.74 Å². The molecule has 0 aliphatic rings. The van der Waals surface area contributed by atoms with Crippen LogP contribution in [0.5, 0.6) is 0 Å². The predicted molar refractivity (Wildman–Crippen MR) is 130 cm³/mol. The Labute approximate surface area is 178 Å². The number of rotatable bonds is 6. The van der Waals surface area contributed by atoms with Crippen molar-refractivity contribution in [2.75, 3.05) is 14.2 Å². The molecule has 28 heavy (non-hydrogen) atoms. The zero-order valence-corrected chi connectivity index (χ0v) is 21.8. The molecule has 0 saturated heterocycles. The van der Waals surface area contributed by atoms with Crippen molar-refractivity contribution in [1.82, 2.24) is 0 Å². The molecule has 0 atom stereocenters. The summed E-state index contributed by atoms with van der Waals surface area (Å²) in [4.78, 5) is 0. The summed E-state index contributed by atoms with van der Waals surface area (Å²) in [5.41, 5.74) is 4.13. The van der Waals surface area contributed by atoms with Gasteiger partial charge in [0, 0.05) is 14.2 Å². The number of methoxy groups -OCH3 is 1. The first-order valence-corrected chi connectivity index (χ1v) is 11.1. The van der Waals surface area contributed by atoms with Gasteiger partial charge in [0.15, 0.2) is 0 Å². The Morgan fingerprint density at radius 3 is 1.39 bits per heavy atom. The highest BCUT2D eigenvalue weighted by molar-refractivity contribution is 5.33. The van der Waals surface area contributed by atoms with Gasteiger partial charge in [0.05, 0.1) is 0 Å². The van der Waals surface area contributed by atoms with Crippen LogP contribution >= 0.6 is 0 Å². The molecule has 0 amide bonds. The van der Waals surface area contributed by atoms with Crippen molar-refractivity contribution >= 4 is 0 Å². The summed E-state index contributed by atoms with van der Waals surface area (Å²) in [6.45, 7) is 27.7. The van der Waals surface area contributed by atoms with Crippen LogP contribution in [0.3, 0.4) is 0 Å². The lowest BCUT2D eigenvalue weighted by molar-refractivity contribution is 0.247. The van der Waals surface area contributed by atoms with Crippen molar-refractivity contribution in [3.8, 4) is 0 Å². The van der Waals surface area contributed by atoms with Gasteiger partial charge in [-0.1, -0.05) is 114 Å². The largest absolute Gasteiger partial charge is 0.388 e. The molecular formula is C27H52O. The second-order valence-electron chi connectivity index (χ2n) is 11.2. The maximum absolute atomic E-state index is 4.25. The first-order chi connectivity index (χ1) is 12.6. The van der Waals surface area contributed by atoms with Crippen molar-refractivity contribution in [2.45, 2.75) is 113 Å². The van der Waals surface area contributed by atoms with Crippen molar-refractivity contribution in [3.63, 3.8) is 0 Å². The number of benzene rings is 1. The van der Waals surface area contributed by atoms with Crippen LogP contribution in [0.2, 0.25) is 0 Å². The molecular weight excluding hydrogens is 340 g/mol. The van der Waals surface area contributed by atoms with E-state index in [1.807, 2.05) is 13.8 Å². The fraction of sp³-hybridized carbons (Fsp3) is 0.778. The summed E-state index contributed by atoms with van der Waals surface area (Å²) >= 11 is 0. The SMILES string of the molecule is CC.CCC(C)(C)CC(C)(C)c1cccc(C(C)(C)CC(C)(C)C)c1.COC. The molecule has 1 aromatic carbocycles. The summed E-state index contributed by atoms with van der Waals surface area (Å²) in [7, 11) is 3.25. The minimum absolute atomic E-state index is 0.213. The summed E-state index contributed by atoms with van der Waals surface area (Å²) < 4.78 is 4.25. The summed E-state index contributed by atoms with van der Waals surface area (Å²) in [5, 5.41) is 0. The predicted octanol–water partition coefficient (Wildman–Crippen LogP) is 8.79. The van der Waals surface area contributed by atoms with Crippen molar-refractivity contribution in [2.24, 2.45) is 10.8 Å². The number of hydrogen-bond donors (Lipinski definition) is 0. The Morgan fingerprint density at radius 2 is 1.07 bits per heavy atom. The molecule has 0 radical (unpaired) electrons. The molecule has 1 heteroatoms. The topological polar surface area (TPSA) is 9.23 Å². The molecule has 0 bridgehead atoms. The molecule has 1 rings (SSSR count). The van der Waals surface area contributed by atoms with Crippen molar-refractivity contribution in [1.29, 1.82) is 0 Å². The van der Waals surface area contributed by atoms with Gasteiger partial charge in [0.2, 0.25) is 0 Å². The van der Waals surface area contributed by atoms with Crippen LogP contribution in [-0.4, -0.2) is 14.2 Å².